The maximum absolute atomic E-state index is 12.6. The van der Waals surface area contributed by atoms with Crippen molar-refractivity contribution in [1.29, 1.82) is 0 Å². The number of likely N-dealkylation sites (tertiary alicyclic amines) is 2. The van der Waals surface area contributed by atoms with Gasteiger partial charge in [0, 0.05) is 32.7 Å². The van der Waals surface area contributed by atoms with Crippen molar-refractivity contribution in [2.75, 3.05) is 45.7 Å². The Kier molecular flexibility index (Phi) is 4.12. The minimum Gasteiger partial charge on any atom is -0.418 e. The normalized spacial score (nSPS) is 26.4. The molecule has 22 heavy (non-hydrogen) atoms. The summed E-state index contributed by atoms with van der Waals surface area (Å²) in [6, 6.07) is 0.477. The van der Waals surface area contributed by atoms with Gasteiger partial charge in [0.1, 0.15) is 0 Å². The second-order valence-electron chi connectivity index (χ2n) is 6.80. The number of hydrogen-bond acceptors (Lipinski definition) is 5. The monoisotopic (exact) mass is 306 g/mol. The van der Waals surface area contributed by atoms with Gasteiger partial charge in [0.05, 0.1) is 6.20 Å². The number of carbonyl (C=O) groups is 1. The molecule has 1 spiro atoms. The number of carbonyl (C=O) groups excluding carboxylic acids is 1. The fraction of sp³-hybridized carbons (Fsp3) is 0.750. The molecule has 1 atom stereocenters. The zero-order chi connectivity index (χ0) is 15.7. The molecule has 0 aliphatic carbocycles. The van der Waals surface area contributed by atoms with Crippen LogP contribution in [-0.2, 0) is 0 Å². The Labute approximate surface area is 132 Å². The number of rotatable bonds is 2. The first-order valence-corrected chi connectivity index (χ1v) is 8.15. The highest BCUT2D eigenvalue weighted by molar-refractivity contribution is 5.91. The molecular weight excluding hydrogens is 280 g/mol. The summed E-state index contributed by atoms with van der Waals surface area (Å²) >= 11 is 0. The molecule has 2 fully saturated rings. The average Bonchev–Trinajstić information content (AvgIpc) is 3.04. The van der Waals surface area contributed by atoms with Crippen LogP contribution in [0.4, 0.5) is 6.01 Å². The molecule has 122 valence electrons. The van der Waals surface area contributed by atoms with E-state index in [1.165, 1.54) is 25.8 Å². The zero-order valence-corrected chi connectivity index (χ0v) is 13.8. The van der Waals surface area contributed by atoms with Gasteiger partial charge in [-0.2, -0.15) is 0 Å². The van der Waals surface area contributed by atoms with Crippen molar-refractivity contribution in [3.63, 3.8) is 0 Å². The quantitative estimate of drug-likeness (QED) is 0.834. The average molecular weight is 306 g/mol. The van der Waals surface area contributed by atoms with Crippen LogP contribution in [0.2, 0.25) is 0 Å². The lowest BCUT2D eigenvalue weighted by Gasteiger charge is -2.35. The van der Waals surface area contributed by atoms with Gasteiger partial charge in [-0.25, -0.2) is 4.98 Å². The highest BCUT2D eigenvalue weighted by Gasteiger charge is 2.40. The summed E-state index contributed by atoms with van der Waals surface area (Å²) in [5.74, 6) is 0.317. The second kappa shape index (κ2) is 5.91. The standard InChI is InChI=1S/C16H26N4O2/c1-18(2)15-17-12-13(22-15)14(21)20-10-5-7-16(8-11-20)6-4-9-19(16)3/h12H,4-11H2,1-3H3/t16-/m0/s1. The highest BCUT2D eigenvalue weighted by atomic mass is 16.4. The highest BCUT2D eigenvalue weighted by Crippen LogP contribution is 2.37. The van der Waals surface area contributed by atoms with Gasteiger partial charge in [0.15, 0.2) is 0 Å². The molecule has 1 aromatic rings. The number of oxazole rings is 1. The summed E-state index contributed by atoms with van der Waals surface area (Å²) in [4.78, 5) is 23.0. The molecule has 1 aromatic heterocycles. The van der Waals surface area contributed by atoms with E-state index in [2.05, 4.69) is 16.9 Å². The van der Waals surface area contributed by atoms with Crippen LogP contribution in [0.25, 0.3) is 0 Å². The van der Waals surface area contributed by atoms with E-state index in [9.17, 15) is 4.79 Å². The van der Waals surface area contributed by atoms with Crippen molar-refractivity contribution >= 4 is 11.9 Å². The lowest BCUT2D eigenvalue weighted by molar-refractivity contribution is 0.0718. The van der Waals surface area contributed by atoms with Crippen molar-refractivity contribution in [2.45, 2.75) is 37.6 Å². The van der Waals surface area contributed by atoms with Crippen molar-refractivity contribution in [2.24, 2.45) is 0 Å². The maximum atomic E-state index is 12.6. The fourth-order valence-electron chi connectivity index (χ4n) is 3.81. The van der Waals surface area contributed by atoms with Gasteiger partial charge in [-0.15, -0.1) is 0 Å². The zero-order valence-electron chi connectivity index (χ0n) is 13.8. The van der Waals surface area contributed by atoms with Crippen LogP contribution < -0.4 is 4.90 Å². The summed E-state index contributed by atoms with van der Waals surface area (Å²) in [7, 11) is 5.93. The van der Waals surface area contributed by atoms with E-state index < -0.39 is 0 Å². The SMILES string of the molecule is CN(C)c1ncc(C(=O)N2CCC[C@@]3(CCCN3C)CC2)o1. The van der Waals surface area contributed by atoms with Gasteiger partial charge in [0.25, 0.3) is 11.9 Å². The van der Waals surface area contributed by atoms with Gasteiger partial charge in [0.2, 0.25) is 5.76 Å². The van der Waals surface area contributed by atoms with Gasteiger partial charge in [-0.05, 0) is 45.7 Å². The van der Waals surface area contributed by atoms with Crippen LogP contribution in [0.15, 0.2) is 10.6 Å². The van der Waals surface area contributed by atoms with Crippen LogP contribution in [0.1, 0.15) is 42.7 Å². The molecule has 3 heterocycles. The van der Waals surface area contributed by atoms with E-state index in [1.807, 2.05) is 19.0 Å². The van der Waals surface area contributed by atoms with Crippen molar-refractivity contribution in [3.8, 4) is 0 Å². The van der Waals surface area contributed by atoms with E-state index >= 15 is 0 Å². The van der Waals surface area contributed by atoms with Crippen LogP contribution in [0, 0.1) is 0 Å². The van der Waals surface area contributed by atoms with Crippen LogP contribution in [0.3, 0.4) is 0 Å². The molecular formula is C16H26N4O2. The summed E-state index contributed by atoms with van der Waals surface area (Å²) in [5, 5.41) is 0. The van der Waals surface area contributed by atoms with Crippen molar-refractivity contribution in [1.82, 2.24) is 14.8 Å². The summed E-state index contributed by atoms with van der Waals surface area (Å²) < 4.78 is 5.55. The van der Waals surface area contributed by atoms with E-state index in [0.717, 1.165) is 25.9 Å². The van der Waals surface area contributed by atoms with E-state index in [1.54, 1.807) is 11.1 Å². The Bertz CT molecular complexity index is 542. The van der Waals surface area contributed by atoms with E-state index in [-0.39, 0.29) is 5.91 Å². The number of nitrogens with zero attached hydrogens (tertiary/aromatic N) is 4. The molecule has 3 rings (SSSR count). The lowest BCUT2D eigenvalue weighted by Crippen LogP contribution is -2.42. The number of anilines is 1. The molecule has 2 aliphatic heterocycles. The van der Waals surface area contributed by atoms with E-state index in [4.69, 9.17) is 4.42 Å². The second-order valence-corrected chi connectivity index (χ2v) is 6.80. The number of amides is 1. The molecule has 0 unspecified atom stereocenters. The van der Waals surface area contributed by atoms with Gasteiger partial charge >= 0.3 is 0 Å². The third-order valence-electron chi connectivity index (χ3n) is 5.24. The van der Waals surface area contributed by atoms with Gasteiger partial charge in [-0.1, -0.05) is 0 Å². The lowest BCUT2D eigenvalue weighted by atomic mass is 9.88. The first kappa shape index (κ1) is 15.3. The Balaban J connectivity index is 1.68. The molecule has 2 aliphatic rings. The van der Waals surface area contributed by atoms with Gasteiger partial charge < -0.3 is 19.1 Å². The molecule has 0 saturated carbocycles. The number of aromatic nitrogens is 1. The molecule has 6 nitrogen and oxygen atoms in total. The number of hydrogen-bond donors (Lipinski definition) is 0. The molecule has 2 saturated heterocycles. The molecule has 0 bridgehead atoms. The first-order valence-electron chi connectivity index (χ1n) is 8.15. The molecule has 6 heteroatoms. The van der Waals surface area contributed by atoms with Crippen molar-refractivity contribution in [3.05, 3.63) is 12.0 Å². The fourth-order valence-corrected chi connectivity index (χ4v) is 3.81. The summed E-state index contributed by atoms with van der Waals surface area (Å²) in [5.41, 5.74) is 0.311. The minimum absolute atomic E-state index is 0.0294. The largest absolute Gasteiger partial charge is 0.418 e. The third kappa shape index (κ3) is 2.72. The predicted octanol–water partition coefficient (Wildman–Crippen LogP) is 1.83. The molecule has 0 radical (unpaired) electrons. The Morgan fingerprint density at radius 1 is 1.23 bits per heavy atom. The minimum atomic E-state index is -0.0294. The van der Waals surface area contributed by atoms with Crippen molar-refractivity contribution < 1.29 is 9.21 Å². The Hall–Kier alpha value is -1.56. The molecule has 1 amide bonds. The molecule has 0 N–H and O–H groups in total. The van der Waals surface area contributed by atoms with Crippen LogP contribution >= 0.6 is 0 Å². The van der Waals surface area contributed by atoms with Gasteiger partial charge in [-0.3, -0.25) is 4.79 Å². The third-order valence-corrected chi connectivity index (χ3v) is 5.24. The van der Waals surface area contributed by atoms with Crippen LogP contribution in [-0.4, -0.2) is 67.0 Å². The maximum Gasteiger partial charge on any atom is 0.297 e. The van der Waals surface area contributed by atoms with Crippen LogP contribution in [0.5, 0.6) is 0 Å². The Morgan fingerprint density at radius 2 is 1.95 bits per heavy atom. The summed E-state index contributed by atoms with van der Waals surface area (Å²) in [6.07, 6.45) is 7.39. The first-order chi connectivity index (χ1) is 10.5. The molecule has 0 aromatic carbocycles. The topological polar surface area (TPSA) is 52.8 Å². The smallest absolute Gasteiger partial charge is 0.297 e. The summed E-state index contributed by atoms with van der Waals surface area (Å²) in [6.45, 7) is 2.80. The van der Waals surface area contributed by atoms with E-state index in [0.29, 0.717) is 17.3 Å². The Morgan fingerprint density at radius 3 is 2.55 bits per heavy atom. The predicted molar refractivity (Wildman–Crippen MR) is 85.2 cm³/mol.